The molecule has 0 bridgehead atoms. The summed E-state index contributed by atoms with van der Waals surface area (Å²) in [6.45, 7) is -6.78. The molecular weight excluding hydrogens is 833 g/mol. The Morgan fingerprint density at radius 3 is 0.603 bits per heavy atom. The van der Waals surface area contributed by atoms with Crippen LogP contribution < -0.4 is 6.15 Å². The van der Waals surface area contributed by atoms with Gasteiger partial charge >= 0.3 is 55.1 Å². The highest BCUT2D eigenvalue weighted by Crippen LogP contribution is 2.49. The second-order valence-electron chi connectivity index (χ2n) is 10.3. The lowest BCUT2D eigenvalue weighted by molar-refractivity contribution is -0.735. The number of quaternary nitrogens is 1. The Morgan fingerprint density at radius 1 is 0.345 bits per heavy atom. The van der Waals surface area contributed by atoms with Crippen molar-refractivity contribution in [2.75, 3.05) is 0 Å². The van der Waals surface area contributed by atoms with E-state index in [0.29, 0.717) is 0 Å². The molecule has 0 saturated heterocycles. The monoisotopic (exact) mass is 845 g/mol. The van der Waals surface area contributed by atoms with Crippen molar-refractivity contribution >= 4 is 6.69 Å². The number of nitrogens with zero attached hydrogens (tertiary/aromatic N) is 20. The lowest BCUT2D eigenvalue weighted by Crippen LogP contribution is -2.89. The van der Waals surface area contributed by atoms with Gasteiger partial charge in [-0.05, 0) is 19.7 Å². The molecule has 4 atom stereocenters. The Labute approximate surface area is 307 Å². The molecule has 0 aliphatic carbocycles. The van der Waals surface area contributed by atoms with Crippen LogP contribution in [0.5, 0.6) is 0 Å². The molecule has 4 aliphatic heterocycles. The zero-order chi connectivity index (χ0) is 43.5. The van der Waals surface area contributed by atoms with Gasteiger partial charge in [-0.1, -0.05) is 0 Å². The van der Waals surface area contributed by atoms with E-state index in [2.05, 4.69) is 0 Å². The van der Waals surface area contributed by atoms with E-state index in [1.54, 1.807) is 0 Å². The molecule has 46 heteroatoms. The van der Waals surface area contributed by atoms with Gasteiger partial charge < -0.3 is 46.6 Å². The fourth-order valence-corrected chi connectivity index (χ4v) is 6.10. The van der Waals surface area contributed by atoms with Crippen molar-refractivity contribution in [2.24, 2.45) is 0 Å². The molecule has 0 fully saturated rings. The molecule has 0 aromatic heterocycles. The Balaban J connectivity index is 0.00000900. The highest BCUT2D eigenvalue weighted by molar-refractivity contribution is 6.71. The van der Waals surface area contributed by atoms with Crippen LogP contribution in [-0.4, -0.2) is 131 Å². The Bertz CT molecular complexity index is 1830. The lowest BCUT2D eigenvalue weighted by atomic mass is 9.63. The molecule has 45 nitrogen and oxygen atoms in total. The van der Waals surface area contributed by atoms with Crippen LogP contribution >= 0.6 is 0 Å². The molecule has 4 unspecified atom stereocenters. The van der Waals surface area contributed by atoms with Gasteiger partial charge in [-0.3, -0.25) is 40.5 Å². The SMILES string of the molecule is O=[N+]([O-])C1=CN([N+](=O)[O-])C([N+](=O)[O-])N1[B-](N1C([N+](=O)[O-])=CN([N+](=O)[O-])C1[N+](=O)[O-])(N1C([N+](=O)[O-])=CN([N+](=O)[O-])C1[N+](=O)[O-])N1C([N+](=O)[O-])=CN([N+](=O)[O-])C1[N+](=O)[O-].[NH4+]. The van der Waals surface area contributed by atoms with Crippen LogP contribution in [0.15, 0.2) is 48.1 Å². The fraction of sp³-hybridized carbons (Fsp3) is 0.333. The van der Waals surface area contributed by atoms with Gasteiger partial charge in [0.25, 0.3) is 0 Å². The van der Waals surface area contributed by atoms with Gasteiger partial charge in [-0.15, -0.1) is 0 Å². The minimum absolute atomic E-state index is 0. The molecule has 0 aromatic rings. The van der Waals surface area contributed by atoms with Crippen LogP contribution in [0.1, 0.15) is 0 Å². The highest BCUT2D eigenvalue weighted by Gasteiger charge is 2.93. The van der Waals surface area contributed by atoms with Crippen LogP contribution in [0.2, 0.25) is 0 Å². The molecule has 58 heavy (non-hydrogen) atoms. The van der Waals surface area contributed by atoms with E-state index in [1.807, 2.05) is 0 Å². The molecule has 0 saturated carbocycles. The van der Waals surface area contributed by atoms with Crippen molar-refractivity contribution in [3.63, 3.8) is 0 Å². The number of rotatable bonds is 16. The van der Waals surface area contributed by atoms with E-state index in [0.717, 1.165) is 0 Å². The summed E-state index contributed by atoms with van der Waals surface area (Å²) in [6.07, 6.45) is -19.1. The van der Waals surface area contributed by atoms with Gasteiger partial charge in [0.1, 0.15) is 0 Å². The van der Waals surface area contributed by atoms with Crippen molar-refractivity contribution in [3.8, 4) is 0 Å². The summed E-state index contributed by atoms with van der Waals surface area (Å²) in [5.74, 6) is -10.2. The third kappa shape index (κ3) is 5.92. The molecule has 0 amide bonds. The Hall–Kier alpha value is -9.82. The normalized spacial score (nSPS) is 22.2. The van der Waals surface area contributed by atoms with Crippen molar-refractivity contribution in [1.82, 2.24) is 45.4 Å². The fourth-order valence-electron chi connectivity index (χ4n) is 6.10. The number of nitro groups is 12. The molecule has 4 heterocycles. The van der Waals surface area contributed by atoms with Crippen LogP contribution in [0.4, 0.5) is 0 Å². The molecule has 4 aliphatic rings. The van der Waals surface area contributed by atoms with E-state index in [-0.39, 0.29) is 6.15 Å². The minimum Gasteiger partial charge on any atom is -0.369 e. The van der Waals surface area contributed by atoms with Crippen LogP contribution in [-0.2, 0) is 0 Å². The van der Waals surface area contributed by atoms with Gasteiger partial charge in [0.05, 0.1) is 19.7 Å². The van der Waals surface area contributed by atoms with E-state index in [9.17, 15) is 121 Å². The average Bonchev–Trinajstić information content (AvgIpc) is 3.86. The van der Waals surface area contributed by atoms with Gasteiger partial charge in [0.2, 0.25) is 0 Å². The molecule has 312 valence electrons. The summed E-state index contributed by atoms with van der Waals surface area (Å²) in [5.41, 5.74) is 0. The number of hydrogen-bond donors (Lipinski definition) is 1. The minimum atomic E-state index is -6.78. The molecular formula is C12H12BN21O24. The van der Waals surface area contributed by atoms with Crippen molar-refractivity contribution in [3.05, 3.63) is 169 Å². The van der Waals surface area contributed by atoms with Gasteiger partial charge in [-0.2, -0.15) is 0 Å². The molecule has 4 rings (SSSR count). The van der Waals surface area contributed by atoms with E-state index >= 15 is 0 Å². The van der Waals surface area contributed by atoms with Gasteiger partial charge in [-0.25, -0.2) is 59.7 Å². The topological polar surface area (TPSA) is 580 Å². The summed E-state index contributed by atoms with van der Waals surface area (Å²) < 4.78 is 0. The van der Waals surface area contributed by atoms with Crippen LogP contribution in [0.25, 0.3) is 0 Å². The maximum Gasteiger partial charge on any atom is 0.792 e. The maximum atomic E-state index is 12.7. The van der Waals surface area contributed by atoms with Crippen molar-refractivity contribution < 1.29 is 59.5 Å². The predicted octanol–water partition coefficient (Wildman–Crippen LogP) is -4.42. The largest absolute Gasteiger partial charge is 0.792 e. The smallest absolute Gasteiger partial charge is 0.369 e. The molecule has 4 N–H and O–H groups in total. The number of hydrogen-bond acceptors (Lipinski definition) is 28. The van der Waals surface area contributed by atoms with E-state index < -0.39 is 179 Å². The third-order valence-electron chi connectivity index (χ3n) is 7.74. The highest BCUT2D eigenvalue weighted by atomic mass is 16.7. The maximum absolute atomic E-state index is 12.7. The first kappa shape index (κ1) is 42.6. The zero-order valence-electron chi connectivity index (χ0n) is 26.9. The zero-order valence-corrected chi connectivity index (χ0v) is 26.9. The summed E-state index contributed by atoms with van der Waals surface area (Å²) in [4.78, 5) is 128. The second-order valence-corrected chi connectivity index (χ2v) is 10.3. The predicted molar refractivity (Wildman–Crippen MR) is 158 cm³/mol. The summed E-state index contributed by atoms with van der Waals surface area (Å²) >= 11 is 0. The van der Waals surface area contributed by atoms with Crippen molar-refractivity contribution in [1.29, 1.82) is 0 Å². The molecule has 0 aromatic carbocycles. The summed E-state index contributed by atoms with van der Waals surface area (Å²) in [6, 6.07) is 0. The second kappa shape index (κ2) is 14.2. The van der Waals surface area contributed by atoms with E-state index in [1.165, 1.54) is 0 Å². The van der Waals surface area contributed by atoms with Gasteiger partial charge in [0, 0.05) is 20.0 Å². The first-order chi connectivity index (χ1) is 26.3. The van der Waals surface area contributed by atoms with Crippen LogP contribution in [0.3, 0.4) is 0 Å². The number of hydrazine groups is 4. The van der Waals surface area contributed by atoms with Gasteiger partial charge in [0.15, 0.2) is 44.9 Å². The molecule has 0 radical (unpaired) electrons. The lowest BCUT2D eigenvalue weighted by Gasteiger charge is -2.46. The first-order valence-electron chi connectivity index (χ1n) is 13.3. The standard InChI is InChI=1S/C12H8BN20O24.H3N/c34-22(35)5-1-14(30(50)51)9(26(42)43)18(5)13(19-6(23(36)37)2-15(31(52)53)10(19)27(44)45,20-7(24(38)39)3-16(32(54)55)11(20)28(46)47)21-8(25(40)41)4-17(33(56)57)12(21)29(48)49;/h1-4,9-12H;1H3/q-1;/p+1. The quantitative estimate of drug-likeness (QED) is 0.0870. The third-order valence-corrected chi connectivity index (χ3v) is 7.74. The van der Waals surface area contributed by atoms with Crippen LogP contribution in [0, 0.1) is 121 Å². The Kier molecular flexibility index (Phi) is 10.4. The van der Waals surface area contributed by atoms with Crippen molar-refractivity contribution in [2.45, 2.75) is 25.2 Å². The summed E-state index contributed by atoms with van der Waals surface area (Å²) in [5, 5.41) is 137. The molecule has 0 spiro atoms. The van der Waals surface area contributed by atoms with E-state index in [4.69, 9.17) is 0 Å². The average molecular weight is 845 g/mol. The summed E-state index contributed by atoms with van der Waals surface area (Å²) in [7, 11) is 0. The first-order valence-corrected chi connectivity index (χ1v) is 13.3. The Morgan fingerprint density at radius 2 is 0.500 bits per heavy atom.